The maximum Gasteiger partial charge on any atom is 0.173 e. The van der Waals surface area contributed by atoms with Crippen LogP contribution in [0, 0.1) is 0 Å². The molecule has 0 amide bonds. The molecule has 1 atom stereocenters. The maximum absolute atomic E-state index is 10.6. The molecule has 0 saturated carbocycles. The molecular formula is C5H12ClNO3S. The van der Waals surface area contributed by atoms with Crippen LogP contribution in [0.2, 0.25) is 0 Å². The summed E-state index contributed by atoms with van der Waals surface area (Å²) < 4.78 is 21.3. The number of hydrogen-bond acceptors (Lipinski definition) is 4. The van der Waals surface area contributed by atoms with Crippen molar-refractivity contribution in [2.24, 2.45) is 5.73 Å². The summed E-state index contributed by atoms with van der Waals surface area (Å²) in [5, 5.41) is 9.58. The van der Waals surface area contributed by atoms with Crippen LogP contribution in [-0.4, -0.2) is 31.9 Å². The quantitative estimate of drug-likeness (QED) is 0.630. The van der Waals surface area contributed by atoms with Gasteiger partial charge in [-0.15, -0.1) is 12.4 Å². The van der Waals surface area contributed by atoms with Gasteiger partial charge in [0.15, 0.2) is 9.84 Å². The van der Waals surface area contributed by atoms with Crippen LogP contribution in [0.4, 0.5) is 0 Å². The Labute approximate surface area is 72.4 Å². The minimum atomic E-state index is -3.30. The molecule has 0 aromatic heterocycles. The smallest absolute Gasteiger partial charge is 0.173 e. The lowest BCUT2D eigenvalue weighted by Crippen LogP contribution is -2.27. The Morgan fingerprint density at radius 2 is 2.09 bits per heavy atom. The largest absolute Gasteiger partial charge is 0.391 e. The highest BCUT2D eigenvalue weighted by atomic mass is 35.5. The Bertz CT molecular complexity index is 202. The second-order valence-electron chi connectivity index (χ2n) is 1.89. The first-order valence-corrected chi connectivity index (χ1v) is 4.46. The first-order chi connectivity index (χ1) is 4.52. The van der Waals surface area contributed by atoms with Crippen molar-refractivity contribution in [1.82, 2.24) is 0 Å². The van der Waals surface area contributed by atoms with E-state index in [1.165, 1.54) is 0 Å². The van der Waals surface area contributed by atoms with E-state index in [0.717, 1.165) is 5.41 Å². The highest BCUT2D eigenvalue weighted by molar-refractivity contribution is 7.94. The van der Waals surface area contributed by atoms with Gasteiger partial charge in [-0.25, -0.2) is 8.42 Å². The highest BCUT2D eigenvalue weighted by Crippen LogP contribution is 1.93. The minimum absolute atomic E-state index is 0. The molecule has 68 valence electrons. The van der Waals surface area contributed by atoms with Crippen molar-refractivity contribution in [3.8, 4) is 0 Å². The Kier molecular flexibility index (Phi) is 6.79. The van der Waals surface area contributed by atoms with Gasteiger partial charge >= 0.3 is 0 Å². The van der Waals surface area contributed by atoms with E-state index in [0.29, 0.717) is 0 Å². The fourth-order valence-electron chi connectivity index (χ4n) is 0.404. The maximum atomic E-state index is 10.6. The molecule has 1 unspecified atom stereocenters. The standard InChI is InChI=1S/C5H11NO3S.ClH/c1-2-10(8,9)4-5(7)3-6;/h2,5,7H,1,3-4,6H2;1H. The van der Waals surface area contributed by atoms with Gasteiger partial charge in [0.05, 0.1) is 11.9 Å². The van der Waals surface area contributed by atoms with Crippen LogP contribution in [0.3, 0.4) is 0 Å². The average Bonchev–Trinajstić information content (AvgIpc) is 1.87. The molecule has 11 heavy (non-hydrogen) atoms. The number of sulfone groups is 1. The molecule has 0 bridgehead atoms. The molecule has 0 aliphatic rings. The molecule has 0 aromatic rings. The molecule has 0 aliphatic carbocycles. The molecule has 6 heteroatoms. The second kappa shape index (κ2) is 5.54. The van der Waals surface area contributed by atoms with Gasteiger partial charge in [0.1, 0.15) is 0 Å². The van der Waals surface area contributed by atoms with Gasteiger partial charge in [-0.05, 0) is 0 Å². The predicted molar refractivity (Wildman–Crippen MR) is 46.3 cm³/mol. The lowest BCUT2D eigenvalue weighted by molar-refractivity contribution is 0.206. The summed E-state index contributed by atoms with van der Waals surface area (Å²) in [6.07, 6.45) is -0.983. The topological polar surface area (TPSA) is 80.4 Å². The molecule has 0 saturated heterocycles. The monoisotopic (exact) mass is 201 g/mol. The predicted octanol–water partition coefficient (Wildman–Crippen LogP) is -0.714. The van der Waals surface area contributed by atoms with Crippen LogP contribution < -0.4 is 5.73 Å². The van der Waals surface area contributed by atoms with Crippen molar-refractivity contribution >= 4 is 22.2 Å². The van der Waals surface area contributed by atoms with Gasteiger partial charge in [0, 0.05) is 12.0 Å². The van der Waals surface area contributed by atoms with Crippen LogP contribution in [-0.2, 0) is 9.84 Å². The molecule has 0 radical (unpaired) electrons. The summed E-state index contributed by atoms with van der Waals surface area (Å²) in [6.45, 7) is 3.03. The Balaban J connectivity index is 0. The first-order valence-electron chi connectivity index (χ1n) is 2.75. The Morgan fingerprint density at radius 3 is 2.36 bits per heavy atom. The van der Waals surface area contributed by atoms with E-state index < -0.39 is 15.9 Å². The lowest BCUT2D eigenvalue weighted by atomic mass is 10.4. The molecule has 0 aliphatic heterocycles. The molecule has 0 rings (SSSR count). The molecule has 0 fully saturated rings. The molecule has 4 nitrogen and oxygen atoms in total. The third-order valence-electron chi connectivity index (χ3n) is 0.951. The van der Waals surface area contributed by atoms with E-state index in [1.807, 2.05) is 0 Å². The van der Waals surface area contributed by atoms with E-state index in [4.69, 9.17) is 10.8 Å². The van der Waals surface area contributed by atoms with Crippen LogP contribution in [0.5, 0.6) is 0 Å². The number of nitrogens with two attached hydrogens (primary N) is 1. The van der Waals surface area contributed by atoms with Crippen molar-refractivity contribution in [1.29, 1.82) is 0 Å². The molecule has 3 N–H and O–H groups in total. The van der Waals surface area contributed by atoms with Crippen LogP contribution in [0.25, 0.3) is 0 Å². The summed E-state index contributed by atoms with van der Waals surface area (Å²) in [5.41, 5.74) is 4.99. The van der Waals surface area contributed by atoms with Crippen molar-refractivity contribution in [2.75, 3.05) is 12.3 Å². The van der Waals surface area contributed by atoms with Crippen LogP contribution in [0.1, 0.15) is 0 Å². The molecule has 0 aromatic carbocycles. The van der Waals surface area contributed by atoms with Gasteiger partial charge in [0.25, 0.3) is 0 Å². The summed E-state index contributed by atoms with van der Waals surface area (Å²) in [5.74, 6) is -0.340. The lowest BCUT2D eigenvalue weighted by Gasteiger charge is -2.03. The van der Waals surface area contributed by atoms with E-state index in [1.54, 1.807) is 0 Å². The van der Waals surface area contributed by atoms with Crippen molar-refractivity contribution in [2.45, 2.75) is 6.10 Å². The Hall–Kier alpha value is -0.100. The normalized spacial score (nSPS) is 13.3. The highest BCUT2D eigenvalue weighted by Gasteiger charge is 2.11. The van der Waals surface area contributed by atoms with Crippen molar-refractivity contribution < 1.29 is 13.5 Å². The van der Waals surface area contributed by atoms with E-state index in [9.17, 15) is 8.42 Å². The Morgan fingerprint density at radius 1 is 1.64 bits per heavy atom. The number of aliphatic hydroxyl groups is 1. The minimum Gasteiger partial charge on any atom is -0.391 e. The van der Waals surface area contributed by atoms with Gasteiger partial charge in [-0.2, -0.15) is 0 Å². The molecule has 0 heterocycles. The number of aliphatic hydroxyl groups excluding tert-OH is 1. The van der Waals surface area contributed by atoms with Gasteiger partial charge in [-0.3, -0.25) is 0 Å². The van der Waals surface area contributed by atoms with E-state index in [2.05, 4.69) is 6.58 Å². The molecule has 0 spiro atoms. The third kappa shape index (κ3) is 6.30. The summed E-state index contributed by atoms with van der Waals surface area (Å²) >= 11 is 0. The third-order valence-corrected chi connectivity index (χ3v) is 2.31. The van der Waals surface area contributed by atoms with Gasteiger partial charge in [0.2, 0.25) is 0 Å². The van der Waals surface area contributed by atoms with Gasteiger partial charge in [-0.1, -0.05) is 6.58 Å². The first kappa shape index (κ1) is 13.5. The molecular weight excluding hydrogens is 190 g/mol. The van der Waals surface area contributed by atoms with Crippen LogP contribution in [0.15, 0.2) is 12.0 Å². The summed E-state index contributed by atoms with van der Waals surface area (Å²) in [6, 6.07) is 0. The zero-order chi connectivity index (χ0) is 8.20. The number of halogens is 1. The zero-order valence-electron chi connectivity index (χ0n) is 5.93. The fourth-order valence-corrected chi connectivity index (χ4v) is 1.21. The SMILES string of the molecule is C=CS(=O)(=O)CC(O)CN.Cl. The average molecular weight is 202 g/mol. The second-order valence-corrected chi connectivity index (χ2v) is 3.88. The van der Waals surface area contributed by atoms with Crippen LogP contribution >= 0.6 is 12.4 Å². The van der Waals surface area contributed by atoms with E-state index >= 15 is 0 Å². The van der Waals surface area contributed by atoms with Gasteiger partial charge < -0.3 is 10.8 Å². The van der Waals surface area contributed by atoms with E-state index in [-0.39, 0.29) is 24.7 Å². The number of hydrogen-bond donors (Lipinski definition) is 2. The zero-order valence-corrected chi connectivity index (χ0v) is 7.57. The van der Waals surface area contributed by atoms with Crippen molar-refractivity contribution in [3.63, 3.8) is 0 Å². The summed E-state index contributed by atoms with van der Waals surface area (Å²) in [7, 11) is -3.30. The fraction of sp³-hybridized carbons (Fsp3) is 0.600. The number of rotatable bonds is 4. The van der Waals surface area contributed by atoms with Crippen molar-refractivity contribution in [3.05, 3.63) is 12.0 Å². The summed E-state index contributed by atoms with van der Waals surface area (Å²) in [4.78, 5) is 0.